The fourth-order valence-electron chi connectivity index (χ4n) is 5.63. The highest BCUT2D eigenvalue weighted by Crippen LogP contribution is 2.25. The predicted octanol–water partition coefficient (Wildman–Crippen LogP) is 6.19. The van der Waals surface area contributed by atoms with E-state index in [-0.39, 0.29) is 10.4 Å². The Bertz CT molecular complexity index is 2380. The van der Waals surface area contributed by atoms with Crippen molar-refractivity contribution >= 4 is 23.2 Å². The number of aromatic nitrogens is 4. The first kappa shape index (κ1) is 30.9. The standard InChI is InChI=1S/C20H14N2O2.C18H8Cl2N2O2/c1-11-3-7-13(8-4-11)17-15-16(20(24)21-17)18(22-19(15)23)14-9-5-12(2)6-10-14;19-11-5-1-9(2-6-11)15-13-14(18(24)21-15)16(22-17(13)23)10-3-7-12(20)8-4-10/h3-10H,1-2H3;1-8H. The fraction of sp³-hybridized carbons (Fsp3) is 0.0526. The van der Waals surface area contributed by atoms with Gasteiger partial charge in [-0.15, -0.1) is 0 Å². The van der Waals surface area contributed by atoms with E-state index in [1.807, 2.05) is 62.4 Å². The van der Waals surface area contributed by atoms with Gasteiger partial charge in [-0.25, -0.2) is 19.9 Å². The smallest absolute Gasteiger partial charge is 0.267 e. The number of halogens is 2. The van der Waals surface area contributed by atoms with Gasteiger partial charge >= 0.3 is 0 Å². The zero-order chi connectivity index (χ0) is 33.7. The van der Waals surface area contributed by atoms with E-state index in [9.17, 15) is 19.2 Å². The summed E-state index contributed by atoms with van der Waals surface area (Å²) in [5.74, 6) is 0. The third-order valence-electron chi connectivity index (χ3n) is 8.04. The van der Waals surface area contributed by atoms with E-state index in [1.165, 1.54) is 0 Å². The van der Waals surface area contributed by atoms with Crippen LogP contribution in [0.5, 0.6) is 0 Å². The summed E-state index contributed by atoms with van der Waals surface area (Å²) in [5, 5.41) is 2.25. The minimum Gasteiger partial charge on any atom is -0.267 e. The van der Waals surface area contributed by atoms with E-state index in [0.717, 1.165) is 22.3 Å². The van der Waals surface area contributed by atoms with Gasteiger partial charge in [-0.05, 0) is 38.1 Å². The molecule has 48 heavy (non-hydrogen) atoms. The molecule has 0 spiro atoms. The van der Waals surface area contributed by atoms with Gasteiger partial charge in [0.25, 0.3) is 22.2 Å². The maximum atomic E-state index is 12.4. The molecule has 0 atom stereocenters. The SMILES string of the molecule is Cc1ccc(-c2nc(=O)c3c(-c4ccc(C)cc4)nc(=O)c2=3)cc1.O=c1nc(-c2ccc(Cl)cc2)c2c(=O)nc(-c3ccc(Cl)cc3)c1=2. The van der Waals surface area contributed by atoms with Crippen LogP contribution in [0.15, 0.2) is 116 Å². The van der Waals surface area contributed by atoms with E-state index >= 15 is 0 Å². The van der Waals surface area contributed by atoms with Crippen LogP contribution in [0.1, 0.15) is 11.1 Å². The van der Waals surface area contributed by atoms with Gasteiger partial charge < -0.3 is 0 Å². The molecular formula is C38H22Cl2N4O4. The first-order chi connectivity index (χ1) is 23.1. The third kappa shape index (κ3) is 5.51. The zero-order valence-electron chi connectivity index (χ0n) is 25.4. The minimum absolute atomic E-state index is 0.243. The lowest BCUT2D eigenvalue weighted by atomic mass is 10.1. The first-order valence-corrected chi connectivity index (χ1v) is 15.5. The molecule has 0 aromatic heterocycles. The van der Waals surface area contributed by atoms with Gasteiger partial charge in [0.15, 0.2) is 0 Å². The van der Waals surface area contributed by atoms with Gasteiger partial charge in [-0.3, -0.25) is 19.2 Å². The van der Waals surface area contributed by atoms with Crippen molar-refractivity contribution in [1.29, 1.82) is 0 Å². The highest BCUT2D eigenvalue weighted by Gasteiger charge is 2.20. The Labute approximate surface area is 281 Å². The van der Waals surface area contributed by atoms with Gasteiger partial charge in [0, 0.05) is 32.3 Å². The van der Waals surface area contributed by atoms with Crippen molar-refractivity contribution < 1.29 is 0 Å². The molecule has 4 aliphatic rings. The zero-order valence-corrected chi connectivity index (χ0v) is 26.9. The maximum Gasteiger partial charge on any atom is 0.280 e. The van der Waals surface area contributed by atoms with Crippen molar-refractivity contribution in [3.8, 4) is 45.0 Å². The van der Waals surface area contributed by atoms with Crippen molar-refractivity contribution in [2.45, 2.75) is 13.8 Å². The summed E-state index contributed by atoms with van der Waals surface area (Å²) in [5.41, 5.74) is 4.82. The Morgan fingerprint density at radius 2 is 0.562 bits per heavy atom. The largest absolute Gasteiger partial charge is 0.280 e. The molecule has 0 unspecified atom stereocenters. The summed E-state index contributed by atoms with van der Waals surface area (Å²) in [4.78, 5) is 65.9. The molecule has 8 nitrogen and oxygen atoms in total. The molecule has 0 aliphatic carbocycles. The van der Waals surface area contributed by atoms with Crippen molar-refractivity contribution in [2.24, 2.45) is 0 Å². The number of nitrogens with zero attached hydrogens (tertiary/aromatic N) is 4. The molecule has 8 rings (SSSR count). The molecule has 0 saturated heterocycles. The molecule has 0 bridgehead atoms. The highest BCUT2D eigenvalue weighted by molar-refractivity contribution is 6.30. The minimum atomic E-state index is -0.463. The second-order valence-electron chi connectivity index (χ2n) is 11.3. The Hall–Kier alpha value is -5.70. The molecule has 10 heteroatoms. The van der Waals surface area contributed by atoms with Gasteiger partial charge in [-0.1, -0.05) is 107 Å². The van der Waals surface area contributed by atoms with E-state index in [0.29, 0.717) is 54.4 Å². The van der Waals surface area contributed by atoms with Crippen LogP contribution in [0.2, 0.25) is 10.0 Å². The molecule has 4 aromatic rings. The van der Waals surface area contributed by atoms with Crippen molar-refractivity contribution in [1.82, 2.24) is 19.9 Å². The van der Waals surface area contributed by atoms with Gasteiger partial charge in [0.1, 0.15) is 0 Å². The van der Waals surface area contributed by atoms with Crippen LogP contribution in [-0.4, -0.2) is 19.9 Å². The van der Waals surface area contributed by atoms with Crippen LogP contribution in [0.25, 0.3) is 45.0 Å². The summed E-state index contributed by atoms with van der Waals surface area (Å²) in [6, 6.07) is 28.8. The van der Waals surface area contributed by atoms with Crippen LogP contribution >= 0.6 is 23.2 Å². The van der Waals surface area contributed by atoms with Crippen molar-refractivity contribution in [3.63, 3.8) is 0 Å². The first-order valence-electron chi connectivity index (χ1n) is 14.8. The molecule has 0 radical (unpaired) electrons. The van der Waals surface area contributed by atoms with Crippen LogP contribution < -0.4 is 22.2 Å². The quantitative estimate of drug-likeness (QED) is 0.218. The van der Waals surface area contributed by atoms with Gasteiger partial charge in [-0.2, -0.15) is 0 Å². The molecule has 0 fully saturated rings. The second-order valence-corrected chi connectivity index (χ2v) is 12.2. The van der Waals surface area contributed by atoms with Gasteiger partial charge in [0.05, 0.1) is 43.7 Å². The van der Waals surface area contributed by atoms with E-state index in [4.69, 9.17) is 23.2 Å². The molecule has 0 saturated carbocycles. The van der Waals surface area contributed by atoms with E-state index in [2.05, 4.69) is 19.9 Å². The number of rotatable bonds is 4. The average molecular weight is 670 g/mol. The Morgan fingerprint density at radius 3 is 0.792 bits per heavy atom. The molecule has 4 aliphatic heterocycles. The van der Waals surface area contributed by atoms with E-state index in [1.54, 1.807) is 48.5 Å². The lowest BCUT2D eigenvalue weighted by molar-refractivity contribution is 1.23. The molecular weight excluding hydrogens is 647 g/mol. The van der Waals surface area contributed by atoms with Gasteiger partial charge in [0.2, 0.25) is 0 Å². The van der Waals surface area contributed by atoms with Crippen LogP contribution in [0, 0.1) is 34.7 Å². The Balaban J connectivity index is 0.000000152. The van der Waals surface area contributed by atoms with Crippen LogP contribution in [0.3, 0.4) is 0 Å². The predicted molar refractivity (Wildman–Crippen MR) is 186 cm³/mol. The summed E-state index contributed by atoms with van der Waals surface area (Å²) in [6.07, 6.45) is 0. The lowest BCUT2D eigenvalue weighted by Crippen LogP contribution is -2.04. The fourth-order valence-corrected chi connectivity index (χ4v) is 5.89. The molecule has 0 amide bonds. The number of hydrogen-bond acceptors (Lipinski definition) is 8. The molecule has 4 aromatic carbocycles. The summed E-state index contributed by atoms with van der Waals surface area (Å²) >= 11 is 11.8. The summed E-state index contributed by atoms with van der Waals surface area (Å²) in [7, 11) is 0. The highest BCUT2D eigenvalue weighted by atomic mass is 35.5. The second kappa shape index (κ2) is 12.2. The Morgan fingerprint density at radius 1 is 0.354 bits per heavy atom. The summed E-state index contributed by atoms with van der Waals surface area (Å²) < 4.78 is 0. The van der Waals surface area contributed by atoms with Crippen LogP contribution in [0.4, 0.5) is 0 Å². The third-order valence-corrected chi connectivity index (χ3v) is 8.55. The van der Waals surface area contributed by atoms with Crippen molar-refractivity contribution in [2.75, 3.05) is 0 Å². The topological polar surface area (TPSA) is 120 Å². The number of aryl methyl sites for hydroxylation is 2. The molecule has 232 valence electrons. The van der Waals surface area contributed by atoms with E-state index < -0.39 is 22.2 Å². The van der Waals surface area contributed by atoms with Crippen LogP contribution in [-0.2, 0) is 0 Å². The molecule has 0 N–H and O–H groups in total. The number of hydrogen-bond donors (Lipinski definition) is 0. The normalized spacial score (nSPS) is 11.2. The molecule has 4 heterocycles. The summed E-state index contributed by atoms with van der Waals surface area (Å²) in [6.45, 7) is 3.96. The Kier molecular flexibility index (Phi) is 7.83. The van der Waals surface area contributed by atoms with Crippen molar-refractivity contribution in [3.05, 3.63) is 181 Å². The average Bonchev–Trinajstić information content (AvgIpc) is 3.81. The number of benzene rings is 4. The maximum absolute atomic E-state index is 12.4. The monoisotopic (exact) mass is 668 g/mol. The lowest BCUT2D eigenvalue weighted by Gasteiger charge is -1.97.